The number of rotatable bonds is 0. The van der Waals surface area contributed by atoms with E-state index in [9.17, 15) is 0 Å². The highest BCUT2D eigenvalue weighted by Gasteiger charge is 2.08. The third-order valence-corrected chi connectivity index (χ3v) is 3.22. The second-order valence-corrected chi connectivity index (χ2v) is 4.56. The summed E-state index contributed by atoms with van der Waals surface area (Å²) in [6.07, 6.45) is 27.1. The van der Waals surface area contributed by atoms with Crippen LogP contribution in [-0.4, -0.2) is 0 Å². The van der Waals surface area contributed by atoms with Crippen molar-refractivity contribution in [2.24, 2.45) is 0 Å². The molecule has 19 heavy (non-hydrogen) atoms. The minimum Gasteiger partial charge on any atom is -0.0716 e. The van der Waals surface area contributed by atoms with E-state index in [-0.39, 0.29) is 0 Å². The summed E-state index contributed by atoms with van der Waals surface area (Å²) in [5.41, 5.74) is 5.08. The fourth-order valence-corrected chi connectivity index (χ4v) is 2.25. The van der Waals surface area contributed by atoms with Gasteiger partial charge in [-0.25, -0.2) is 0 Å². The van der Waals surface area contributed by atoms with Crippen molar-refractivity contribution in [3.8, 4) is 0 Å². The average Bonchev–Trinajstić information content (AvgIpc) is 2.85. The van der Waals surface area contributed by atoms with E-state index in [1.165, 1.54) is 22.3 Å². The van der Waals surface area contributed by atoms with Gasteiger partial charge in [0, 0.05) is 0 Å². The fraction of sp³-hybridized carbons (Fsp3) is 0.0526. The van der Waals surface area contributed by atoms with Crippen LogP contribution in [0.2, 0.25) is 0 Å². The zero-order chi connectivity index (χ0) is 12.9. The minimum absolute atomic E-state index is 0.999. The molecule has 0 saturated heterocycles. The molecule has 0 aliphatic heterocycles. The van der Waals surface area contributed by atoms with Crippen LogP contribution in [-0.2, 0) is 6.42 Å². The molecule has 0 aromatic heterocycles. The second kappa shape index (κ2) is 5.53. The lowest BCUT2D eigenvalue weighted by Gasteiger charge is -2.06. The van der Waals surface area contributed by atoms with Gasteiger partial charge in [-0.1, -0.05) is 72.9 Å². The first-order valence-electron chi connectivity index (χ1n) is 6.53. The molecule has 0 unspecified atom stereocenters. The van der Waals surface area contributed by atoms with Crippen molar-refractivity contribution >= 4 is 12.2 Å². The summed E-state index contributed by atoms with van der Waals surface area (Å²) in [6, 6.07) is 4.48. The highest BCUT2D eigenvalue weighted by Crippen LogP contribution is 2.24. The molecule has 0 saturated carbocycles. The van der Waals surface area contributed by atoms with E-state index >= 15 is 0 Å². The lowest BCUT2D eigenvalue weighted by molar-refractivity contribution is 1.30. The molecule has 2 aliphatic rings. The maximum absolute atomic E-state index is 3.31. The lowest BCUT2D eigenvalue weighted by Crippen LogP contribution is -1.88. The first-order chi connectivity index (χ1) is 9.43. The fourth-order valence-electron chi connectivity index (χ4n) is 2.25. The highest BCUT2D eigenvalue weighted by molar-refractivity contribution is 5.69. The Morgan fingerprint density at radius 3 is 1.95 bits per heavy atom. The summed E-state index contributed by atoms with van der Waals surface area (Å²) in [5, 5.41) is 0. The molecular formula is C19H15. The van der Waals surface area contributed by atoms with Gasteiger partial charge < -0.3 is 0 Å². The summed E-state index contributed by atoms with van der Waals surface area (Å²) in [7, 11) is 0. The maximum atomic E-state index is 3.31. The van der Waals surface area contributed by atoms with Crippen LogP contribution in [0.3, 0.4) is 0 Å². The van der Waals surface area contributed by atoms with Gasteiger partial charge in [0.25, 0.3) is 0 Å². The van der Waals surface area contributed by atoms with Gasteiger partial charge in [-0.3, -0.25) is 0 Å². The Morgan fingerprint density at radius 2 is 1.26 bits per heavy atom. The van der Waals surface area contributed by atoms with Gasteiger partial charge in [0.2, 0.25) is 0 Å². The Hall–Kier alpha value is -2.34. The number of benzene rings is 1. The lowest BCUT2D eigenvalue weighted by atomic mass is 9.98. The molecule has 1 aromatic carbocycles. The van der Waals surface area contributed by atoms with E-state index in [4.69, 9.17) is 0 Å². The summed E-state index contributed by atoms with van der Waals surface area (Å²) in [6.45, 7) is 0. The molecule has 3 rings (SSSR count). The average molecular weight is 243 g/mol. The molecule has 1 radical (unpaired) electrons. The van der Waals surface area contributed by atoms with E-state index in [1.54, 1.807) is 0 Å². The predicted octanol–water partition coefficient (Wildman–Crippen LogP) is 4.66. The van der Waals surface area contributed by atoms with Crippen LogP contribution in [0.25, 0.3) is 12.2 Å². The molecule has 0 amide bonds. The molecule has 0 N–H and O–H groups in total. The minimum atomic E-state index is 0.999. The van der Waals surface area contributed by atoms with E-state index in [0.717, 1.165) is 6.42 Å². The Balaban J connectivity index is 2.07. The van der Waals surface area contributed by atoms with Crippen molar-refractivity contribution in [2.75, 3.05) is 0 Å². The molecule has 0 nitrogen and oxygen atoms in total. The Labute approximate surface area is 114 Å². The van der Waals surface area contributed by atoms with Crippen molar-refractivity contribution in [1.82, 2.24) is 0 Å². The molecule has 0 spiro atoms. The Morgan fingerprint density at radius 1 is 0.684 bits per heavy atom. The first-order valence-corrected chi connectivity index (χ1v) is 6.53. The molecule has 0 heteroatoms. The van der Waals surface area contributed by atoms with Crippen molar-refractivity contribution < 1.29 is 0 Å². The van der Waals surface area contributed by atoms with Gasteiger partial charge in [0.1, 0.15) is 0 Å². The number of allylic oxidation sites excluding steroid dienone is 9. The molecular weight excluding hydrogens is 228 g/mol. The van der Waals surface area contributed by atoms with Crippen LogP contribution in [0, 0.1) is 6.08 Å². The van der Waals surface area contributed by atoms with Crippen LogP contribution < -0.4 is 0 Å². The molecule has 1 aromatic rings. The second-order valence-electron chi connectivity index (χ2n) is 4.56. The zero-order valence-corrected chi connectivity index (χ0v) is 10.7. The summed E-state index contributed by atoms with van der Waals surface area (Å²) in [4.78, 5) is 0. The summed E-state index contributed by atoms with van der Waals surface area (Å²) >= 11 is 0. The largest absolute Gasteiger partial charge is 0.0716 e. The van der Waals surface area contributed by atoms with Crippen molar-refractivity contribution in [1.29, 1.82) is 0 Å². The molecule has 0 heterocycles. The summed E-state index contributed by atoms with van der Waals surface area (Å²) in [5.74, 6) is 0. The molecule has 0 atom stereocenters. The SMILES string of the molecule is [C]1=CCc2cc3c(cc21)/C=C/C=C\C=C\C=C/C=C/3. The van der Waals surface area contributed by atoms with E-state index in [2.05, 4.69) is 54.7 Å². The summed E-state index contributed by atoms with van der Waals surface area (Å²) < 4.78 is 0. The van der Waals surface area contributed by atoms with Crippen LogP contribution >= 0.6 is 0 Å². The van der Waals surface area contributed by atoms with Gasteiger partial charge in [-0.15, -0.1) is 0 Å². The Kier molecular flexibility index (Phi) is 3.42. The van der Waals surface area contributed by atoms with Crippen LogP contribution in [0.1, 0.15) is 22.3 Å². The van der Waals surface area contributed by atoms with Gasteiger partial charge in [-0.05, 0) is 40.8 Å². The van der Waals surface area contributed by atoms with Gasteiger partial charge >= 0.3 is 0 Å². The third-order valence-electron chi connectivity index (χ3n) is 3.22. The monoisotopic (exact) mass is 243 g/mol. The smallest absolute Gasteiger partial charge is 0.00816 e. The topological polar surface area (TPSA) is 0 Å². The number of hydrogen-bond donors (Lipinski definition) is 0. The molecule has 91 valence electrons. The first kappa shape index (κ1) is 11.7. The Bertz CT molecular complexity index is 647. The van der Waals surface area contributed by atoms with Crippen LogP contribution in [0.15, 0.2) is 66.8 Å². The predicted molar refractivity (Wildman–Crippen MR) is 82.5 cm³/mol. The van der Waals surface area contributed by atoms with Gasteiger partial charge in [0.15, 0.2) is 0 Å². The van der Waals surface area contributed by atoms with E-state index in [0.29, 0.717) is 0 Å². The van der Waals surface area contributed by atoms with E-state index < -0.39 is 0 Å². The highest BCUT2D eigenvalue weighted by atomic mass is 14.1. The van der Waals surface area contributed by atoms with Crippen molar-refractivity contribution in [3.05, 3.63) is 95.1 Å². The molecule has 2 aliphatic carbocycles. The number of hydrogen-bond acceptors (Lipinski definition) is 0. The van der Waals surface area contributed by atoms with Crippen LogP contribution in [0.4, 0.5) is 0 Å². The normalized spacial score (nSPS) is 24.4. The maximum Gasteiger partial charge on any atom is -0.00816 e. The third kappa shape index (κ3) is 2.74. The number of fused-ring (bicyclic) bond motifs is 2. The van der Waals surface area contributed by atoms with Gasteiger partial charge in [0.05, 0.1) is 0 Å². The molecule has 0 fully saturated rings. The van der Waals surface area contributed by atoms with Crippen molar-refractivity contribution in [3.63, 3.8) is 0 Å². The zero-order valence-electron chi connectivity index (χ0n) is 10.7. The van der Waals surface area contributed by atoms with E-state index in [1.807, 2.05) is 30.4 Å². The van der Waals surface area contributed by atoms with Crippen molar-refractivity contribution in [2.45, 2.75) is 6.42 Å². The standard InChI is InChI=1S/C19H15/c1-2-4-6-8-11-17-15-19-13-9-12-18(19)14-16(17)10-7-5-3-1/h1-11,14-15H,12H2/b2-1+,3-1?,4-2?,5-3-,6-4-,7-5?,8-6?,10-7+,11-8+,16-10?,17-11?. The van der Waals surface area contributed by atoms with Crippen LogP contribution in [0.5, 0.6) is 0 Å². The molecule has 0 bridgehead atoms. The quantitative estimate of drug-likeness (QED) is 0.621. The van der Waals surface area contributed by atoms with Gasteiger partial charge in [-0.2, -0.15) is 0 Å².